The highest BCUT2D eigenvalue weighted by Gasteiger charge is 2.08. The summed E-state index contributed by atoms with van der Waals surface area (Å²) in [5.41, 5.74) is 0.914. The molecule has 0 aliphatic carbocycles. The lowest BCUT2D eigenvalue weighted by atomic mass is 10.3. The fraction of sp³-hybridized carbons (Fsp3) is 0.273. The van der Waals surface area contributed by atoms with Crippen LogP contribution in [0.5, 0.6) is 0 Å². The average molecular weight is 331 g/mol. The first-order valence-electron chi connectivity index (χ1n) is 5.20. The second-order valence-electron chi connectivity index (χ2n) is 3.44. The molecule has 0 aliphatic rings. The van der Waals surface area contributed by atoms with E-state index in [9.17, 15) is 4.79 Å². The summed E-state index contributed by atoms with van der Waals surface area (Å²) in [6.07, 6.45) is 1.39. The van der Waals surface area contributed by atoms with Gasteiger partial charge in [0.15, 0.2) is 5.13 Å². The summed E-state index contributed by atoms with van der Waals surface area (Å²) in [5.74, 6) is 0.0285. The van der Waals surface area contributed by atoms with Crippen molar-refractivity contribution in [3.05, 3.63) is 21.3 Å². The number of thiophene rings is 1. The van der Waals surface area contributed by atoms with Crippen LogP contribution in [0.3, 0.4) is 0 Å². The normalized spacial score (nSPS) is 10.5. The average Bonchev–Trinajstić information content (AvgIpc) is 2.87. The first kappa shape index (κ1) is 12.7. The van der Waals surface area contributed by atoms with Crippen molar-refractivity contribution in [3.63, 3.8) is 0 Å². The quantitative estimate of drug-likeness (QED) is 0.904. The number of rotatable bonds is 4. The van der Waals surface area contributed by atoms with Crippen LogP contribution in [0.15, 0.2) is 21.3 Å². The highest BCUT2D eigenvalue weighted by molar-refractivity contribution is 9.11. The van der Waals surface area contributed by atoms with Gasteiger partial charge in [-0.05, 0) is 34.5 Å². The molecule has 1 amide bonds. The van der Waals surface area contributed by atoms with Crippen LogP contribution in [-0.4, -0.2) is 10.9 Å². The van der Waals surface area contributed by atoms with Gasteiger partial charge in [-0.15, -0.1) is 22.7 Å². The second-order valence-corrected chi connectivity index (χ2v) is 6.76. The largest absolute Gasteiger partial charge is 0.302 e. The predicted octanol–water partition coefficient (Wildman–Crippen LogP) is 4.37. The maximum atomic E-state index is 11.4. The number of amides is 1. The zero-order chi connectivity index (χ0) is 12.3. The van der Waals surface area contributed by atoms with Crippen molar-refractivity contribution < 1.29 is 4.79 Å². The van der Waals surface area contributed by atoms with Gasteiger partial charge < -0.3 is 5.32 Å². The SMILES string of the molecule is CCCC(=O)Nc1nc(-c2ccc(Br)s2)cs1. The number of carbonyl (C=O) groups excluding carboxylic acids is 1. The van der Waals surface area contributed by atoms with Crippen LogP contribution >= 0.6 is 38.6 Å². The Hall–Kier alpha value is -0.720. The van der Waals surface area contributed by atoms with Crippen LogP contribution < -0.4 is 5.32 Å². The first-order chi connectivity index (χ1) is 8.19. The number of nitrogens with zero attached hydrogens (tertiary/aromatic N) is 1. The number of thiazole rings is 1. The Bertz CT molecular complexity index is 521. The standard InChI is InChI=1S/C11H11BrN2OS2/c1-2-3-10(15)14-11-13-7(6-16-11)8-4-5-9(12)17-8/h4-6H,2-3H2,1H3,(H,13,14,15). The third kappa shape index (κ3) is 3.37. The molecular weight excluding hydrogens is 320 g/mol. The van der Waals surface area contributed by atoms with Gasteiger partial charge in [-0.25, -0.2) is 4.98 Å². The van der Waals surface area contributed by atoms with Gasteiger partial charge in [0.05, 0.1) is 14.4 Å². The molecule has 0 bridgehead atoms. The lowest BCUT2D eigenvalue weighted by Crippen LogP contribution is -2.10. The van der Waals surface area contributed by atoms with Gasteiger partial charge in [0.2, 0.25) is 5.91 Å². The molecule has 0 aliphatic heterocycles. The minimum Gasteiger partial charge on any atom is -0.302 e. The molecule has 1 N–H and O–H groups in total. The van der Waals surface area contributed by atoms with E-state index in [1.165, 1.54) is 11.3 Å². The summed E-state index contributed by atoms with van der Waals surface area (Å²) in [6.45, 7) is 1.98. The summed E-state index contributed by atoms with van der Waals surface area (Å²) in [6, 6.07) is 4.01. The molecule has 3 nitrogen and oxygen atoms in total. The van der Waals surface area contributed by atoms with Crippen molar-refractivity contribution >= 4 is 49.6 Å². The molecule has 0 saturated carbocycles. The van der Waals surface area contributed by atoms with Crippen molar-refractivity contribution in [1.82, 2.24) is 4.98 Å². The van der Waals surface area contributed by atoms with Crippen LogP contribution in [0, 0.1) is 0 Å². The molecule has 0 radical (unpaired) electrons. The molecule has 2 aromatic rings. The van der Waals surface area contributed by atoms with Crippen LogP contribution in [-0.2, 0) is 4.79 Å². The number of halogens is 1. The van der Waals surface area contributed by atoms with Crippen molar-refractivity contribution in [1.29, 1.82) is 0 Å². The summed E-state index contributed by atoms with van der Waals surface area (Å²) in [4.78, 5) is 16.9. The molecule has 0 spiro atoms. The lowest BCUT2D eigenvalue weighted by molar-refractivity contribution is -0.116. The molecule has 2 heterocycles. The van der Waals surface area contributed by atoms with E-state index < -0.39 is 0 Å². The Morgan fingerprint density at radius 2 is 2.35 bits per heavy atom. The zero-order valence-corrected chi connectivity index (χ0v) is 12.4. The van der Waals surface area contributed by atoms with Crippen LogP contribution in [0.25, 0.3) is 10.6 Å². The smallest absolute Gasteiger partial charge is 0.226 e. The van der Waals surface area contributed by atoms with Crippen molar-refractivity contribution in [2.24, 2.45) is 0 Å². The maximum Gasteiger partial charge on any atom is 0.226 e. The van der Waals surface area contributed by atoms with Crippen molar-refractivity contribution in [2.75, 3.05) is 5.32 Å². The summed E-state index contributed by atoms with van der Waals surface area (Å²) < 4.78 is 1.08. The van der Waals surface area contributed by atoms with Crippen LogP contribution in [0.1, 0.15) is 19.8 Å². The van der Waals surface area contributed by atoms with Gasteiger partial charge in [0, 0.05) is 11.8 Å². The first-order valence-corrected chi connectivity index (χ1v) is 7.69. The Balaban J connectivity index is 2.08. The van der Waals surface area contributed by atoms with Crippen molar-refractivity contribution in [3.8, 4) is 10.6 Å². The molecule has 0 unspecified atom stereocenters. The van der Waals surface area contributed by atoms with E-state index in [1.54, 1.807) is 11.3 Å². The maximum absolute atomic E-state index is 11.4. The molecule has 0 fully saturated rings. The van der Waals surface area contributed by atoms with Gasteiger partial charge in [0.1, 0.15) is 0 Å². The van der Waals surface area contributed by atoms with Gasteiger partial charge >= 0.3 is 0 Å². The Labute approximate surface area is 116 Å². The van der Waals surface area contributed by atoms with E-state index in [1.807, 2.05) is 24.4 Å². The Morgan fingerprint density at radius 3 is 3.00 bits per heavy atom. The molecule has 6 heteroatoms. The van der Waals surface area contributed by atoms with E-state index in [4.69, 9.17) is 0 Å². The number of carbonyl (C=O) groups is 1. The highest BCUT2D eigenvalue weighted by Crippen LogP contribution is 2.32. The number of nitrogens with one attached hydrogen (secondary N) is 1. The van der Waals surface area contributed by atoms with E-state index in [0.717, 1.165) is 20.8 Å². The van der Waals surface area contributed by atoms with E-state index in [2.05, 4.69) is 26.2 Å². The second kappa shape index (κ2) is 5.75. The fourth-order valence-corrected chi connectivity index (χ4v) is 3.45. The monoisotopic (exact) mass is 330 g/mol. The topological polar surface area (TPSA) is 42.0 Å². The third-order valence-corrected chi connectivity index (χ3v) is 4.46. The Morgan fingerprint density at radius 1 is 1.53 bits per heavy atom. The predicted molar refractivity (Wildman–Crippen MR) is 76.7 cm³/mol. The third-order valence-electron chi connectivity index (χ3n) is 2.05. The summed E-state index contributed by atoms with van der Waals surface area (Å²) >= 11 is 6.51. The molecule has 0 aromatic carbocycles. The molecular formula is C11H11BrN2OS2. The molecule has 17 heavy (non-hydrogen) atoms. The highest BCUT2D eigenvalue weighted by atomic mass is 79.9. The number of aromatic nitrogens is 1. The van der Waals surface area contributed by atoms with Gasteiger partial charge in [-0.1, -0.05) is 6.92 Å². The van der Waals surface area contributed by atoms with E-state index in [-0.39, 0.29) is 5.91 Å². The summed E-state index contributed by atoms with van der Waals surface area (Å²) in [7, 11) is 0. The van der Waals surface area contributed by atoms with Crippen molar-refractivity contribution in [2.45, 2.75) is 19.8 Å². The van der Waals surface area contributed by atoms with Gasteiger partial charge in [-0.2, -0.15) is 0 Å². The molecule has 2 aromatic heterocycles. The van der Waals surface area contributed by atoms with Gasteiger partial charge in [-0.3, -0.25) is 4.79 Å². The minimum absolute atomic E-state index is 0.0285. The molecule has 0 atom stereocenters. The van der Waals surface area contributed by atoms with Crippen LogP contribution in [0.2, 0.25) is 0 Å². The lowest BCUT2D eigenvalue weighted by Gasteiger charge is -1.97. The minimum atomic E-state index is 0.0285. The molecule has 0 saturated heterocycles. The van der Waals surface area contributed by atoms with E-state index in [0.29, 0.717) is 11.6 Å². The molecule has 2 rings (SSSR count). The zero-order valence-electron chi connectivity index (χ0n) is 9.20. The fourth-order valence-electron chi connectivity index (χ4n) is 1.31. The van der Waals surface area contributed by atoms with E-state index >= 15 is 0 Å². The Kier molecular flexibility index (Phi) is 4.31. The number of hydrogen-bond donors (Lipinski definition) is 1. The number of anilines is 1. The van der Waals surface area contributed by atoms with Gasteiger partial charge in [0.25, 0.3) is 0 Å². The summed E-state index contributed by atoms with van der Waals surface area (Å²) in [5, 5.41) is 5.43. The number of hydrogen-bond acceptors (Lipinski definition) is 4. The van der Waals surface area contributed by atoms with Crippen LogP contribution in [0.4, 0.5) is 5.13 Å². The molecule has 90 valence electrons.